The molecular formula is C28H26O5. The fourth-order valence-electron chi connectivity index (χ4n) is 5.11. The Morgan fingerprint density at radius 2 is 1.52 bits per heavy atom. The Hall–Kier alpha value is -3.60. The minimum absolute atomic E-state index is 0.106. The molecule has 2 aliphatic carbocycles. The van der Waals surface area contributed by atoms with E-state index in [0.717, 1.165) is 31.2 Å². The molecule has 0 unspecified atom stereocenters. The molecule has 1 fully saturated rings. The highest BCUT2D eigenvalue weighted by Crippen LogP contribution is 2.45. The Labute approximate surface area is 193 Å². The Kier molecular flexibility index (Phi) is 5.41. The summed E-state index contributed by atoms with van der Waals surface area (Å²) in [7, 11) is 1.59. The van der Waals surface area contributed by atoms with E-state index in [-0.39, 0.29) is 29.8 Å². The van der Waals surface area contributed by atoms with Gasteiger partial charge in [-0.1, -0.05) is 42.5 Å². The van der Waals surface area contributed by atoms with Crippen molar-refractivity contribution in [3.63, 3.8) is 0 Å². The molecule has 33 heavy (non-hydrogen) atoms. The molecular weight excluding hydrogens is 416 g/mol. The number of benzene rings is 3. The number of carbonyl (C=O) groups excluding carboxylic acids is 2. The van der Waals surface area contributed by atoms with Crippen molar-refractivity contribution in [2.45, 2.75) is 43.6 Å². The van der Waals surface area contributed by atoms with Gasteiger partial charge >= 0.3 is 0 Å². The van der Waals surface area contributed by atoms with Gasteiger partial charge in [0.15, 0.2) is 23.1 Å². The second-order valence-corrected chi connectivity index (χ2v) is 8.84. The summed E-state index contributed by atoms with van der Waals surface area (Å²) < 4.78 is 11.8. The van der Waals surface area contributed by atoms with Gasteiger partial charge in [0, 0.05) is 11.1 Å². The number of aromatic hydroxyl groups is 1. The van der Waals surface area contributed by atoms with E-state index in [1.54, 1.807) is 73.8 Å². The van der Waals surface area contributed by atoms with Crippen LogP contribution in [0.25, 0.3) is 0 Å². The van der Waals surface area contributed by atoms with Gasteiger partial charge in [0.2, 0.25) is 0 Å². The molecule has 0 aromatic heterocycles. The molecule has 0 heterocycles. The number of methoxy groups -OCH3 is 1. The number of carbonyl (C=O) groups is 2. The zero-order chi connectivity index (χ0) is 23.0. The number of ether oxygens (including phenoxy) is 2. The molecule has 3 aromatic rings. The first-order valence-electron chi connectivity index (χ1n) is 11.3. The van der Waals surface area contributed by atoms with E-state index in [1.165, 1.54) is 0 Å². The molecule has 1 saturated carbocycles. The zero-order valence-electron chi connectivity index (χ0n) is 18.5. The van der Waals surface area contributed by atoms with Gasteiger partial charge in [-0.2, -0.15) is 0 Å². The Morgan fingerprint density at radius 1 is 0.879 bits per heavy atom. The quantitative estimate of drug-likeness (QED) is 0.526. The van der Waals surface area contributed by atoms with Crippen LogP contribution in [0.15, 0.2) is 66.7 Å². The van der Waals surface area contributed by atoms with Crippen LogP contribution in [0.2, 0.25) is 0 Å². The number of hydrogen-bond donors (Lipinski definition) is 1. The van der Waals surface area contributed by atoms with Crippen LogP contribution in [0.1, 0.15) is 57.5 Å². The van der Waals surface area contributed by atoms with Gasteiger partial charge in [-0.25, -0.2) is 0 Å². The molecule has 3 aromatic carbocycles. The maximum Gasteiger partial charge on any atom is 0.182 e. The lowest BCUT2D eigenvalue weighted by molar-refractivity contribution is 0.0792. The summed E-state index contributed by atoms with van der Waals surface area (Å²) in [6.07, 6.45) is 4.52. The second-order valence-electron chi connectivity index (χ2n) is 8.84. The minimum atomic E-state index is -1.40. The summed E-state index contributed by atoms with van der Waals surface area (Å²) in [5.41, 5.74) is 0.860. The third kappa shape index (κ3) is 3.58. The molecule has 0 bridgehead atoms. The lowest BCUT2D eigenvalue weighted by atomic mass is 9.71. The van der Waals surface area contributed by atoms with Crippen LogP contribution in [-0.2, 0) is 11.8 Å². The first kappa shape index (κ1) is 21.3. The summed E-state index contributed by atoms with van der Waals surface area (Å²) in [5, 5.41) is 9.71. The minimum Gasteiger partial charge on any atom is -0.508 e. The van der Waals surface area contributed by atoms with Crippen molar-refractivity contribution in [3.8, 4) is 17.2 Å². The van der Waals surface area contributed by atoms with Gasteiger partial charge < -0.3 is 14.6 Å². The summed E-state index contributed by atoms with van der Waals surface area (Å²) >= 11 is 0. The number of Topliss-reactive ketones (excluding diaryl/α,β-unsaturated/α-hetero) is 2. The normalized spacial score (nSPS) is 17.2. The molecule has 0 spiro atoms. The number of ketones is 2. The average Bonchev–Trinajstić information content (AvgIpc) is 3.42. The van der Waals surface area contributed by atoms with Crippen molar-refractivity contribution in [3.05, 3.63) is 89.0 Å². The molecule has 2 aliphatic rings. The summed E-state index contributed by atoms with van der Waals surface area (Å²) in [6, 6.07) is 19.0. The highest BCUT2D eigenvalue weighted by Gasteiger charge is 2.54. The standard InChI is InChI=1S/C28H26O5/c1-32-24-15-12-19(16-25(24)33-21-6-2-3-7-21)28(17-18-10-13-20(29)14-11-18)26(30)22-8-4-5-9-23(22)27(28)31/h4-5,8-16,21,29H,2-3,6-7,17H2,1H3. The first-order valence-corrected chi connectivity index (χ1v) is 11.3. The molecule has 0 saturated heterocycles. The Bertz CT molecular complexity index is 1170. The lowest BCUT2D eigenvalue weighted by Gasteiger charge is -2.28. The predicted octanol–water partition coefficient (Wildman–Crippen LogP) is 5.28. The predicted molar refractivity (Wildman–Crippen MR) is 124 cm³/mol. The number of phenols is 1. The first-order chi connectivity index (χ1) is 16.0. The fraction of sp³-hybridized carbons (Fsp3) is 0.286. The van der Waals surface area contributed by atoms with Gasteiger partial charge in [0.05, 0.1) is 13.2 Å². The van der Waals surface area contributed by atoms with E-state index in [4.69, 9.17) is 9.47 Å². The molecule has 0 aliphatic heterocycles. The lowest BCUT2D eigenvalue weighted by Crippen LogP contribution is -2.40. The largest absolute Gasteiger partial charge is 0.508 e. The van der Waals surface area contributed by atoms with Crippen LogP contribution in [0, 0.1) is 0 Å². The fourth-order valence-corrected chi connectivity index (χ4v) is 5.11. The van der Waals surface area contributed by atoms with Gasteiger partial charge in [-0.15, -0.1) is 0 Å². The van der Waals surface area contributed by atoms with Crippen LogP contribution in [-0.4, -0.2) is 29.9 Å². The van der Waals surface area contributed by atoms with E-state index in [0.29, 0.717) is 28.2 Å². The van der Waals surface area contributed by atoms with Crippen molar-refractivity contribution in [1.82, 2.24) is 0 Å². The average molecular weight is 443 g/mol. The molecule has 0 amide bonds. The maximum atomic E-state index is 13.9. The Balaban J connectivity index is 1.64. The van der Waals surface area contributed by atoms with Gasteiger partial charge in [0.1, 0.15) is 11.2 Å². The van der Waals surface area contributed by atoms with Crippen molar-refractivity contribution in [1.29, 1.82) is 0 Å². The zero-order valence-corrected chi connectivity index (χ0v) is 18.5. The number of phenolic OH excluding ortho intramolecular Hbond substituents is 1. The summed E-state index contributed by atoms with van der Waals surface area (Å²) in [4.78, 5) is 27.7. The number of fused-ring (bicyclic) bond motifs is 1. The molecule has 168 valence electrons. The third-order valence-corrected chi connectivity index (χ3v) is 6.85. The molecule has 1 N–H and O–H groups in total. The van der Waals surface area contributed by atoms with Crippen LogP contribution in [0.4, 0.5) is 0 Å². The van der Waals surface area contributed by atoms with Crippen molar-refractivity contribution >= 4 is 11.6 Å². The van der Waals surface area contributed by atoms with Crippen LogP contribution < -0.4 is 9.47 Å². The van der Waals surface area contributed by atoms with Gasteiger partial charge in [-0.3, -0.25) is 9.59 Å². The molecule has 5 rings (SSSR count). The SMILES string of the molecule is COc1ccc(C2(Cc3ccc(O)cc3)C(=O)c3ccccc3C2=O)cc1OC1CCCC1. The Morgan fingerprint density at radius 3 is 2.12 bits per heavy atom. The summed E-state index contributed by atoms with van der Waals surface area (Å²) in [6.45, 7) is 0. The van der Waals surface area contributed by atoms with E-state index < -0.39 is 5.41 Å². The molecule has 0 atom stereocenters. The van der Waals surface area contributed by atoms with E-state index >= 15 is 0 Å². The van der Waals surface area contributed by atoms with Crippen molar-refractivity contribution in [2.24, 2.45) is 0 Å². The van der Waals surface area contributed by atoms with Gasteiger partial charge in [0.25, 0.3) is 0 Å². The maximum absolute atomic E-state index is 13.9. The number of hydrogen-bond acceptors (Lipinski definition) is 5. The third-order valence-electron chi connectivity index (χ3n) is 6.85. The molecule has 5 heteroatoms. The van der Waals surface area contributed by atoms with E-state index in [2.05, 4.69) is 0 Å². The van der Waals surface area contributed by atoms with Gasteiger partial charge in [-0.05, 0) is 67.5 Å². The highest BCUT2D eigenvalue weighted by atomic mass is 16.5. The highest BCUT2D eigenvalue weighted by molar-refractivity contribution is 6.33. The molecule has 5 nitrogen and oxygen atoms in total. The van der Waals surface area contributed by atoms with Crippen molar-refractivity contribution in [2.75, 3.05) is 7.11 Å². The number of rotatable bonds is 6. The van der Waals surface area contributed by atoms with Crippen molar-refractivity contribution < 1.29 is 24.2 Å². The van der Waals surface area contributed by atoms with E-state index in [9.17, 15) is 14.7 Å². The smallest absolute Gasteiger partial charge is 0.182 e. The van der Waals surface area contributed by atoms with Crippen LogP contribution >= 0.6 is 0 Å². The van der Waals surface area contributed by atoms with E-state index in [1.807, 2.05) is 0 Å². The molecule has 0 radical (unpaired) electrons. The van der Waals surface area contributed by atoms with Crippen LogP contribution in [0.3, 0.4) is 0 Å². The monoisotopic (exact) mass is 442 g/mol. The second kappa shape index (κ2) is 8.39. The van der Waals surface area contributed by atoms with Crippen LogP contribution in [0.5, 0.6) is 17.2 Å². The summed E-state index contributed by atoms with van der Waals surface area (Å²) in [5.74, 6) is 0.850. The topological polar surface area (TPSA) is 72.8 Å².